The molecule has 9 heteroatoms. The van der Waals surface area contributed by atoms with E-state index in [1.807, 2.05) is 42.0 Å². The van der Waals surface area contributed by atoms with Gasteiger partial charge in [0.25, 0.3) is 5.56 Å². The van der Waals surface area contributed by atoms with Gasteiger partial charge >= 0.3 is 0 Å². The predicted molar refractivity (Wildman–Crippen MR) is 169 cm³/mol. The summed E-state index contributed by atoms with van der Waals surface area (Å²) >= 11 is 6.60. The van der Waals surface area contributed by atoms with Gasteiger partial charge in [-0.1, -0.05) is 29.8 Å². The summed E-state index contributed by atoms with van der Waals surface area (Å²) in [5.74, 6) is 0.467. The molecule has 1 saturated heterocycles. The molecule has 3 heterocycles. The molecule has 0 spiro atoms. The number of rotatable bonds is 5. The Morgan fingerprint density at radius 1 is 1.00 bits per heavy atom. The highest BCUT2D eigenvalue weighted by Gasteiger charge is 2.27. The molecule has 0 atom stereocenters. The summed E-state index contributed by atoms with van der Waals surface area (Å²) in [6.45, 7) is 8.28. The van der Waals surface area contributed by atoms with Crippen LogP contribution in [-0.2, 0) is 0 Å². The Morgan fingerprint density at radius 3 is 2.44 bits per heavy atom. The zero-order chi connectivity index (χ0) is 28.7. The summed E-state index contributed by atoms with van der Waals surface area (Å²) in [5.41, 5.74) is 12.4. The van der Waals surface area contributed by atoms with Gasteiger partial charge in [0.05, 0.1) is 5.56 Å². The van der Waals surface area contributed by atoms with Crippen molar-refractivity contribution < 1.29 is 0 Å². The van der Waals surface area contributed by atoms with Gasteiger partial charge in [-0.05, 0) is 82.0 Å². The molecule has 1 saturated carbocycles. The van der Waals surface area contributed by atoms with E-state index in [2.05, 4.69) is 47.3 Å². The quantitative estimate of drug-likeness (QED) is 0.319. The molecule has 2 aromatic carbocycles. The molecule has 214 valence electrons. The van der Waals surface area contributed by atoms with E-state index in [0.29, 0.717) is 22.2 Å². The van der Waals surface area contributed by atoms with E-state index < -0.39 is 0 Å². The van der Waals surface area contributed by atoms with Crippen molar-refractivity contribution in [2.45, 2.75) is 51.6 Å². The number of fused-ring (bicyclic) bond motifs is 1. The standard InChI is InChI=1S/C32H38ClN7O/c1-20-18-23(10-13-28(20)39-16-14-38(3)15-17-39)36-32-35-19-26-21(2)29(25-6-4-5-7-27(25)33)31(41)40(30(26)37-32)24-11-8-22(34)9-12-24/h4-7,10,13,18-19,22,24H,8-9,11-12,14-17,34H2,1-3H3,(H,35,36,37)/t22-,24-. The Bertz CT molecular complexity index is 1640. The maximum atomic E-state index is 14.2. The number of hydrogen-bond acceptors (Lipinski definition) is 7. The first-order chi connectivity index (χ1) is 19.8. The number of aryl methyl sites for hydroxylation is 2. The Balaban J connectivity index is 1.40. The number of piperazine rings is 1. The molecule has 3 N–H and O–H groups in total. The van der Waals surface area contributed by atoms with Crippen molar-refractivity contribution in [1.82, 2.24) is 19.4 Å². The van der Waals surface area contributed by atoms with Crippen molar-refractivity contribution in [3.05, 3.63) is 75.2 Å². The number of nitrogens with zero attached hydrogens (tertiary/aromatic N) is 5. The highest BCUT2D eigenvalue weighted by atomic mass is 35.5. The zero-order valence-electron chi connectivity index (χ0n) is 24.0. The second kappa shape index (κ2) is 11.4. The Hall–Kier alpha value is -3.46. The fourth-order valence-electron chi connectivity index (χ4n) is 6.34. The largest absolute Gasteiger partial charge is 0.369 e. The predicted octanol–water partition coefficient (Wildman–Crippen LogP) is 5.67. The third kappa shape index (κ3) is 5.44. The number of halogens is 1. The van der Waals surface area contributed by atoms with Gasteiger partial charge in [-0.15, -0.1) is 0 Å². The summed E-state index contributed by atoms with van der Waals surface area (Å²) in [5, 5.41) is 4.80. The Labute approximate surface area is 246 Å². The third-order valence-electron chi connectivity index (χ3n) is 8.76. The van der Waals surface area contributed by atoms with Crippen molar-refractivity contribution in [1.29, 1.82) is 0 Å². The van der Waals surface area contributed by atoms with Crippen molar-refractivity contribution in [2.75, 3.05) is 43.4 Å². The molecule has 0 unspecified atom stereocenters. The van der Waals surface area contributed by atoms with Crippen LogP contribution >= 0.6 is 11.6 Å². The summed E-state index contributed by atoms with van der Waals surface area (Å²) in [6, 6.07) is 14.1. The lowest BCUT2D eigenvalue weighted by Gasteiger charge is -2.35. The Morgan fingerprint density at radius 2 is 1.73 bits per heavy atom. The molecule has 1 aliphatic carbocycles. The van der Waals surface area contributed by atoms with Gasteiger partial charge in [-0.25, -0.2) is 4.98 Å². The van der Waals surface area contributed by atoms with E-state index in [0.717, 1.165) is 74.1 Å². The van der Waals surface area contributed by atoms with Crippen molar-refractivity contribution in [2.24, 2.45) is 5.73 Å². The lowest BCUT2D eigenvalue weighted by molar-refractivity contribution is 0.312. The van der Waals surface area contributed by atoms with Gasteiger partial charge in [0.2, 0.25) is 5.95 Å². The van der Waals surface area contributed by atoms with Crippen LogP contribution in [0.4, 0.5) is 17.3 Å². The summed E-state index contributed by atoms with van der Waals surface area (Å²) in [7, 11) is 2.17. The highest BCUT2D eigenvalue weighted by molar-refractivity contribution is 6.33. The first-order valence-corrected chi connectivity index (χ1v) is 14.9. The highest BCUT2D eigenvalue weighted by Crippen LogP contribution is 2.35. The fourth-order valence-corrected chi connectivity index (χ4v) is 6.57. The number of pyridine rings is 1. The molecule has 6 rings (SSSR count). The Kier molecular flexibility index (Phi) is 7.72. The second-order valence-electron chi connectivity index (χ2n) is 11.6. The summed E-state index contributed by atoms with van der Waals surface area (Å²) in [6.07, 6.45) is 5.25. The molecule has 1 aliphatic heterocycles. The monoisotopic (exact) mass is 571 g/mol. The first-order valence-electron chi connectivity index (χ1n) is 14.5. The maximum Gasteiger partial charge on any atom is 0.260 e. The van der Waals surface area contributed by atoms with Crippen molar-refractivity contribution in [3.63, 3.8) is 0 Å². The number of likely N-dealkylation sites (N-methyl/N-ethyl adjacent to an activating group) is 1. The zero-order valence-corrected chi connectivity index (χ0v) is 24.8. The summed E-state index contributed by atoms with van der Waals surface area (Å²) in [4.78, 5) is 28.7. The van der Waals surface area contributed by atoms with Crippen LogP contribution in [0, 0.1) is 13.8 Å². The molecular formula is C32H38ClN7O. The van der Waals surface area contributed by atoms with E-state index in [1.165, 1.54) is 11.3 Å². The van der Waals surface area contributed by atoms with Crippen molar-refractivity contribution >= 4 is 40.0 Å². The lowest BCUT2D eigenvalue weighted by Crippen LogP contribution is -2.44. The van der Waals surface area contributed by atoms with Crippen molar-refractivity contribution in [3.8, 4) is 11.1 Å². The number of nitrogens with one attached hydrogen (secondary N) is 1. The molecule has 2 aliphatic rings. The second-order valence-corrected chi connectivity index (χ2v) is 12.0. The van der Waals surface area contributed by atoms with Crippen LogP contribution in [0.2, 0.25) is 5.02 Å². The normalized spacial score (nSPS) is 20.0. The van der Waals surface area contributed by atoms with Crippen LogP contribution in [0.5, 0.6) is 0 Å². The van der Waals surface area contributed by atoms with Crippen LogP contribution in [0.3, 0.4) is 0 Å². The lowest BCUT2D eigenvalue weighted by atomic mass is 9.90. The van der Waals surface area contributed by atoms with Crippen LogP contribution in [0.1, 0.15) is 42.9 Å². The SMILES string of the molecule is Cc1cc(Nc2ncc3c(C)c(-c4ccccc4Cl)c(=O)n([C@H]4CC[C@H](N)CC4)c3n2)ccc1N1CCN(C)CC1. The van der Waals surface area contributed by atoms with E-state index in [-0.39, 0.29) is 17.6 Å². The first kappa shape index (κ1) is 27.7. The van der Waals surface area contributed by atoms with Crippen LogP contribution in [-0.4, -0.2) is 58.7 Å². The van der Waals surface area contributed by atoms with Gasteiger partial charge in [0, 0.05) is 71.8 Å². The third-order valence-corrected chi connectivity index (χ3v) is 9.08. The van der Waals surface area contributed by atoms with Gasteiger partial charge in [-0.2, -0.15) is 4.98 Å². The molecule has 0 amide bonds. The number of aromatic nitrogens is 3. The number of anilines is 3. The van der Waals surface area contributed by atoms with Gasteiger partial charge in [-0.3, -0.25) is 9.36 Å². The van der Waals surface area contributed by atoms with Crippen LogP contribution in [0.15, 0.2) is 53.5 Å². The van der Waals surface area contributed by atoms with E-state index >= 15 is 0 Å². The summed E-state index contributed by atoms with van der Waals surface area (Å²) < 4.78 is 1.88. The molecule has 4 aromatic rings. The van der Waals surface area contributed by atoms with Crippen LogP contribution < -0.4 is 21.5 Å². The van der Waals surface area contributed by atoms with Gasteiger partial charge < -0.3 is 20.9 Å². The molecular weight excluding hydrogens is 534 g/mol. The molecule has 0 radical (unpaired) electrons. The minimum atomic E-state index is -0.0689. The average Bonchev–Trinajstić information content (AvgIpc) is 2.96. The van der Waals surface area contributed by atoms with Crippen LogP contribution in [0.25, 0.3) is 22.2 Å². The fraction of sp³-hybridized carbons (Fsp3) is 0.406. The smallest absolute Gasteiger partial charge is 0.260 e. The minimum Gasteiger partial charge on any atom is -0.369 e. The average molecular weight is 572 g/mol. The number of nitrogens with two attached hydrogens (primary N) is 1. The van der Waals surface area contributed by atoms with Gasteiger partial charge in [0.1, 0.15) is 5.65 Å². The molecule has 2 aromatic heterocycles. The van der Waals surface area contributed by atoms with E-state index in [4.69, 9.17) is 27.3 Å². The molecule has 2 fully saturated rings. The molecule has 41 heavy (non-hydrogen) atoms. The maximum absolute atomic E-state index is 14.2. The number of benzene rings is 2. The van der Waals surface area contributed by atoms with Gasteiger partial charge in [0.15, 0.2) is 0 Å². The molecule has 0 bridgehead atoms. The van der Waals surface area contributed by atoms with E-state index in [9.17, 15) is 4.79 Å². The minimum absolute atomic E-state index is 0.0134. The number of hydrogen-bond donors (Lipinski definition) is 2. The topological polar surface area (TPSA) is 92.3 Å². The van der Waals surface area contributed by atoms with E-state index in [1.54, 1.807) is 0 Å². The molecule has 8 nitrogen and oxygen atoms in total.